The first-order valence-corrected chi connectivity index (χ1v) is 8.99. The van der Waals surface area contributed by atoms with Crippen LogP contribution in [0.3, 0.4) is 0 Å². The van der Waals surface area contributed by atoms with Crippen molar-refractivity contribution in [3.05, 3.63) is 12.2 Å². The lowest BCUT2D eigenvalue weighted by Crippen LogP contribution is -1.98. The van der Waals surface area contributed by atoms with Crippen molar-refractivity contribution in [3.8, 4) is 0 Å². The smallest absolute Gasteiger partial charge is 0.193 e. The lowest BCUT2D eigenvalue weighted by atomic mass is 10.0. The third kappa shape index (κ3) is 7.81. The molecule has 0 aromatic rings. The number of rotatable bonds is 11. The number of thioether (sulfide) groups is 1. The molecule has 0 N–H and O–H groups in total. The molecular weight excluding hydrogens is 252 g/mol. The summed E-state index contributed by atoms with van der Waals surface area (Å²) in [7, 11) is 0. The van der Waals surface area contributed by atoms with Crippen LogP contribution in [-0.2, 0) is 4.79 Å². The van der Waals surface area contributed by atoms with Crippen molar-refractivity contribution in [2.45, 2.75) is 89.2 Å². The standard InChI is InChI=1S/C17H30OS/c1-3-4-5-6-7-8-9-10-11-12-13-16-15(2)14-17(18)19-16/h16H,2-14H2,1H3. The molecule has 1 atom stereocenters. The van der Waals surface area contributed by atoms with E-state index in [-0.39, 0.29) is 0 Å². The van der Waals surface area contributed by atoms with Crippen molar-refractivity contribution in [2.24, 2.45) is 0 Å². The molecule has 0 amide bonds. The lowest BCUT2D eigenvalue weighted by Gasteiger charge is -2.08. The highest BCUT2D eigenvalue weighted by molar-refractivity contribution is 8.14. The maximum Gasteiger partial charge on any atom is 0.193 e. The molecule has 1 nitrogen and oxygen atoms in total. The first kappa shape index (κ1) is 16.8. The summed E-state index contributed by atoms with van der Waals surface area (Å²) in [5, 5.41) is 0.753. The molecule has 0 radical (unpaired) electrons. The van der Waals surface area contributed by atoms with Gasteiger partial charge in [0.25, 0.3) is 0 Å². The van der Waals surface area contributed by atoms with Gasteiger partial charge in [-0.25, -0.2) is 0 Å². The Morgan fingerprint density at radius 2 is 1.53 bits per heavy atom. The average Bonchev–Trinajstić information content (AvgIpc) is 2.70. The Morgan fingerprint density at radius 1 is 1.00 bits per heavy atom. The summed E-state index contributed by atoms with van der Waals surface area (Å²) in [5.41, 5.74) is 1.16. The van der Waals surface area contributed by atoms with E-state index in [1.54, 1.807) is 0 Å². The van der Waals surface area contributed by atoms with Crippen LogP contribution in [0.25, 0.3) is 0 Å². The fraction of sp³-hybridized carbons (Fsp3) is 0.824. The Kier molecular flexibility index (Phi) is 9.32. The molecule has 1 saturated heterocycles. The second-order valence-corrected chi connectivity index (χ2v) is 7.04. The maximum atomic E-state index is 11.2. The van der Waals surface area contributed by atoms with Crippen molar-refractivity contribution >= 4 is 16.9 Å². The summed E-state index contributed by atoms with van der Waals surface area (Å²) in [6.45, 7) is 6.28. The Hall–Kier alpha value is -0.240. The van der Waals surface area contributed by atoms with Gasteiger partial charge in [-0.15, -0.1) is 0 Å². The van der Waals surface area contributed by atoms with Gasteiger partial charge in [0.1, 0.15) is 0 Å². The summed E-state index contributed by atoms with van der Waals surface area (Å²) < 4.78 is 0. The van der Waals surface area contributed by atoms with Crippen LogP contribution in [0.4, 0.5) is 0 Å². The fourth-order valence-electron chi connectivity index (χ4n) is 2.66. The molecule has 1 rings (SSSR count). The van der Waals surface area contributed by atoms with Gasteiger partial charge in [-0.2, -0.15) is 0 Å². The number of hydrogen-bond donors (Lipinski definition) is 0. The quantitative estimate of drug-likeness (QED) is 0.347. The minimum absolute atomic E-state index is 0.321. The Balaban J connectivity index is 1.84. The molecule has 0 bridgehead atoms. The van der Waals surface area contributed by atoms with Crippen LogP contribution in [0.1, 0.15) is 84.0 Å². The van der Waals surface area contributed by atoms with Gasteiger partial charge in [-0.3, -0.25) is 4.79 Å². The van der Waals surface area contributed by atoms with E-state index in [1.165, 1.54) is 76.0 Å². The van der Waals surface area contributed by atoms with E-state index < -0.39 is 0 Å². The van der Waals surface area contributed by atoms with Crippen molar-refractivity contribution in [1.29, 1.82) is 0 Å². The Morgan fingerprint density at radius 3 is 2.00 bits per heavy atom. The highest BCUT2D eigenvalue weighted by Gasteiger charge is 2.25. The van der Waals surface area contributed by atoms with Gasteiger partial charge in [0.2, 0.25) is 0 Å². The second kappa shape index (κ2) is 10.5. The first-order valence-electron chi connectivity index (χ1n) is 8.11. The minimum atomic E-state index is 0.321. The van der Waals surface area contributed by atoms with E-state index in [2.05, 4.69) is 13.5 Å². The van der Waals surface area contributed by atoms with Crippen LogP contribution in [0.15, 0.2) is 12.2 Å². The zero-order chi connectivity index (χ0) is 13.9. The van der Waals surface area contributed by atoms with Crippen LogP contribution >= 0.6 is 11.8 Å². The van der Waals surface area contributed by atoms with Crippen molar-refractivity contribution in [1.82, 2.24) is 0 Å². The summed E-state index contributed by atoms with van der Waals surface area (Å²) >= 11 is 1.51. The largest absolute Gasteiger partial charge is 0.287 e. The van der Waals surface area contributed by atoms with Crippen LogP contribution in [0, 0.1) is 0 Å². The van der Waals surface area contributed by atoms with Gasteiger partial charge in [0.05, 0.1) is 0 Å². The third-order valence-corrected chi connectivity index (χ3v) is 5.18. The Bertz CT molecular complexity index is 272. The SMILES string of the molecule is C=C1CC(=O)SC1CCCCCCCCCCCC. The maximum absolute atomic E-state index is 11.2. The topological polar surface area (TPSA) is 17.1 Å². The molecule has 0 spiro atoms. The molecule has 0 aliphatic carbocycles. The summed E-state index contributed by atoms with van der Waals surface area (Å²) in [4.78, 5) is 11.2. The van der Waals surface area contributed by atoms with Crippen LogP contribution in [0.2, 0.25) is 0 Å². The molecule has 0 aromatic carbocycles. The van der Waals surface area contributed by atoms with E-state index >= 15 is 0 Å². The van der Waals surface area contributed by atoms with Crippen molar-refractivity contribution in [2.75, 3.05) is 0 Å². The molecule has 2 heteroatoms. The zero-order valence-corrected chi connectivity index (χ0v) is 13.4. The molecular formula is C17H30OS. The van der Waals surface area contributed by atoms with Crippen molar-refractivity contribution < 1.29 is 4.79 Å². The summed E-state index contributed by atoms with van der Waals surface area (Å²) in [5.74, 6) is 0. The Labute approximate surface area is 123 Å². The second-order valence-electron chi connectivity index (χ2n) is 5.78. The minimum Gasteiger partial charge on any atom is -0.287 e. The molecule has 19 heavy (non-hydrogen) atoms. The predicted molar refractivity (Wildman–Crippen MR) is 86.6 cm³/mol. The van der Waals surface area contributed by atoms with Gasteiger partial charge in [-0.1, -0.05) is 95.0 Å². The van der Waals surface area contributed by atoms with E-state index in [0.29, 0.717) is 16.8 Å². The molecule has 110 valence electrons. The molecule has 1 fully saturated rings. The summed E-state index contributed by atoms with van der Waals surface area (Å²) in [6.07, 6.45) is 15.5. The van der Waals surface area contributed by atoms with Gasteiger partial charge in [0, 0.05) is 11.7 Å². The van der Waals surface area contributed by atoms with Crippen LogP contribution in [-0.4, -0.2) is 10.4 Å². The molecule has 1 aliphatic heterocycles. The van der Waals surface area contributed by atoms with Gasteiger partial charge >= 0.3 is 0 Å². The molecule has 0 saturated carbocycles. The highest BCUT2D eigenvalue weighted by Crippen LogP contribution is 2.35. The summed E-state index contributed by atoms with van der Waals surface area (Å²) in [6, 6.07) is 0. The molecule has 0 aromatic heterocycles. The van der Waals surface area contributed by atoms with Gasteiger partial charge in [-0.05, 0) is 6.42 Å². The number of carbonyl (C=O) groups excluding carboxylic acids is 1. The lowest BCUT2D eigenvalue weighted by molar-refractivity contribution is -0.110. The van der Waals surface area contributed by atoms with E-state index in [9.17, 15) is 4.79 Å². The molecule has 1 aliphatic rings. The highest BCUT2D eigenvalue weighted by atomic mass is 32.2. The number of carbonyl (C=O) groups is 1. The van der Waals surface area contributed by atoms with Gasteiger partial charge in [0.15, 0.2) is 5.12 Å². The number of hydrogen-bond acceptors (Lipinski definition) is 2. The molecule has 1 heterocycles. The first-order chi connectivity index (χ1) is 9.24. The average molecular weight is 282 g/mol. The van der Waals surface area contributed by atoms with Crippen LogP contribution < -0.4 is 0 Å². The third-order valence-electron chi connectivity index (χ3n) is 3.92. The van der Waals surface area contributed by atoms with E-state index in [4.69, 9.17) is 0 Å². The normalized spacial score (nSPS) is 19.3. The van der Waals surface area contributed by atoms with Crippen molar-refractivity contribution in [3.63, 3.8) is 0 Å². The number of unbranched alkanes of at least 4 members (excludes halogenated alkanes) is 9. The monoisotopic (exact) mass is 282 g/mol. The van der Waals surface area contributed by atoms with Gasteiger partial charge < -0.3 is 0 Å². The van der Waals surface area contributed by atoms with Crippen LogP contribution in [0.5, 0.6) is 0 Å². The molecule has 1 unspecified atom stereocenters. The zero-order valence-electron chi connectivity index (χ0n) is 12.6. The van der Waals surface area contributed by atoms with E-state index in [1.807, 2.05) is 0 Å². The predicted octanol–water partition coefficient (Wildman–Crippen LogP) is 5.89. The fourth-order valence-corrected chi connectivity index (χ4v) is 3.78. The van der Waals surface area contributed by atoms with E-state index in [0.717, 1.165) is 12.0 Å².